The van der Waals surface area contributed by atoms with E-state index in [0.717, 1.165) is 11.2 Å². The molecule has 8 nitrogen and oxygen atoms in total. The zero-order chi connectivity index (χ0) is 17.6. The molecular weight excluding hydrogens is 340 g/mol. The number of aromatic amines is 1. The van der Waals surface area contributed by atoms with Crippen molar-refractivity contribution in [3.8, 4) is 0 Å². The van der Waals surface area contributed by atoms with Crippen LogP contribution in [0.25, 0.3) is 0 Å². The van der Waals surface area contributed by atoms with Crippen LogP contribution in [0.1, 0.15) is 16.8 Å². The number of hydrogen-bond donors (Lipinski definition) is 3. The van der Waals surface area contributed by atoms with Gasteiger partial charge in [0.15, 0.2) is 5.16 Å². The highest BCUT2D eigenvalue weighted by Gasteiger charge is 2.13. The molecule has 0 aliphatic carbocycles. The summed E-state index contributed by atoms with van der Waals surface area (Å²) in [7, 11) is 0. The molecule has 2 aromatic rings. The standard InChI is InChI=1S/C16H14N6O2S/c17-13-5-4-11(25-16-19-9-20-22-16)6-12(13)15(24)21-14-3-1-2-10(8-23)7-18-14/h1,3-9H,2,17H2,(H,18,21,24)(H,19,20,22). The molecule has 0 saturated heterocycles. The van der Waals surface area contributed by atoms with E-state index in [1.807, 2.05) is 0 Å². The molecule has 2 heterocycles. The molecule has 4 N–H and O–H groups in total. The van der Waals surface area contributed by atoms with Crippen LogP contribution >= 0.6 is 11.8 Å². The largest absolute Gasteiger partial charge is 0.398 e. The number of nitrogen functional groups attached to an aromatic ring is 1. The number of aliphatic imine (C=N–C) groups is 1. The first kappa shape index (κ1) is 16.7. The van der Waals surface area contributed by atoms with E-state index >= 15 is 0 Å². The van der Waals surface area contributed by atoms with Gasteiger partial charge < -0.3 is 11.1 Å². The van der Waals surface area contributed by atoms with Crippen molar-refractivity contribution in [2.24, 2.45) is 4.99 Å². The SMILES string of the molecule is Nc1ccc(Sc2ncn[nH]2)cc1C(=O)NC1=NC=C(C=O)CC=C1. The van der Waals surface area contributed by atoms with E-state index < -0.39 is 0 Å². The van der Waals surface area contributed by atoms with Crippen LogP contribution in [0.5, 0.6) is 0 Å². The average molecular weight is 354 g/mol. The van der Waals surface area contributed by atoms with Crippen molar-refractivity contribution in [3.63, 3.8) is 0 Å². The predicted molar refractivity (Wildman–Crippen MR) is 94.2 cm³/mol. The van der Waals surface area contributed by atoms with Gasteiger partial charge >= 0.3 is 0 Å². The maximum atomic E-state index is 12.5. The van der Waals surface area contributed by atoms with Gasteiger partial charge in [0.05, 0.1) is 5.56 Å². The molecule has 1 aromatic carbocycles. The Morgan fingerprint density at radius 2 is 2.28 bits per heavy atom. The number of carbonyl (C=O) groups is 2. The maximum absolute atomic E-state index is 12.5. The van der Waals surface area contributed by atoms with Crippen LogP contribution in [-0.2, 0) is 4.79 Å². The van der Waals surface area contributed by atoms with Crippen molar-refractivity contribution in [2.75, 3.05) is 5.73 Å². The van der Waals surface area contributed by atoms with E-state index in [9.17, 15) is 9.59 Å². The highest BCUT2D eigenvalue weighted by Crippen LogP contribution is 2.27. The van der Waals surface area contributed by atoms with Gasteiger partial charge in [-0.05, 0) is 30.7 Å². The predicted octanol–water partition coefficient (Wildman–Crippen LogP) is 1.71. The van der Waals surface area contributed by atoms with E-state index in [2.05, 4.69) is 25.5 Å². The fourth-order valence-electron chi connectivity index (χ4n) is 2.04. The number of benzene rings is 1. The van der Waals surface area contributed by atoms with Crippen LogP contribution in [-0.4, -0.2) is 33.2 Å². The monoisotopic (exact) mass is 354 g/mol. The number of aromatic nitrogens is 3. The van der Waals surface area contributed by atoms with Crippen molar-refractivity contribution < 1.29 is 9.59 Å². The zero-order valence-electron chi connectivity index (χ0n) is 13.0. The van der Waals surface area contributed by atoms with Crippen LogP contribution in [0.4, 0.5) is 5.69 Å². The number of nitrogens with zero attached hydrogens (tertiary/aromatic N) is 3. The Hall–Kier alpha value is -3.20. The molecule has 3 rings (SSSR count). The Morgan fingerprint density at radius 1 is 1.40 bits per heavy atom. The minimum Gasteiger partial charge on any atom is -0.398 e. The molecule has 0 spiro atoms. The summed E-state index contributed by atoms with van der Waals surface area (Å²) < 4.78 is 0. The van der Waals surface area contributed by atoms with E-state index in [1.165, 1.54) is 24.3 Å². The number of aldehydes is 1. The Bertz CT molecular complexity index is 886. The van der Waals surface area contributed by atoms with E-state index in [0.29, 0.717) is 34.2 Å². The van der Waals surface area contributed by atoms with Crippen molar-refractivity contribution in [1.29, 1.82) is 0 Å². The van der Waals surface area contributed by atoms with Crippen LogP contribution < -0.4 is 11.1 Å². The highest BCUT2D eigenvalue weighted by atomic mass is 32.2. The third-order valence-electron chi connectivity index (χ3n) is 3.27. The van der Waals surface area contributed by atoms with Gasteiger partial charge in [-0.3, -0.25) is 14.7 Å². The molecule has 0 saturated carbocycles. The van der Waals surface area contributed by atoms with Crippen LogP contribution in [0.2, 0.25) is 0 Å². The van der Waals surface area contributed by atoms with Crippen LogP contribution in [0.3, 0.4) is 0 Å². The first-order chi connectivity index (χ1) is 12.2. The number of nitrogens with two attached hydrogens (primary N) is 1. The van der Waals surface area contributed by atoms with Crippen molar-refractivity contribution in [3.05, 3.63) is 54.0 Å². The van der Waals surface area contributed by atoms with Gasteiger partial charge in [-0.15, -0.1) is 0 Å². The molecule has 9 heteroatoms. The number of amides is 1. The summed E-state index contributed by atoms with van der Waals surface area (Å²) >= 11 is 1.33. The topological polar surface area (TPSA) is 126 Å². The lowest BCUT2D eigenvalue weighted by Gasteiger charge is -2.08. The summed E-state index contributed by atoms with van der Waals surface area (Å²) in [6, 6.07) is 5.12. The normalized spacial score (nSPS) is 13.6. The van der Waals surface area contributed by atoms with Gasteiger partial charge in [0, 0.05) is 22.4 Å². The van der Waals surface area contributed by atoms with Gasteiger partial charge in [0.1, 0.15) is 18.4 Å². The van der Waals surface area contributed by atoms with Crippen molar-refractivity contribution in [1.82, 2.24) is 20.5 Å². The summed E-state index contributed by atoms with van der Waals surface area (Å²) in [4.78, 5) is 32.2. The minimum absolute atomic E-state index is 0.324. The quantitative estimate of drug-likeness (QED) is 0.567. The molecule has 1 aliphatic rings. The number of nitrogens with one attached hydrogen (secondary N) is 2. The first-order valence-electron chi connectivity index (χ1n) is 7.28. The maximum Gasteiger partial charge on any atom is 0.258 e. The molecule has 0 unspecified atom stereocenters. The average Bonchev–Trinajstić information content (AvgIpc) is 3.01. The second-order valence-electron chi connectivity index (χ2n) is 5.04. The van der Waals surface area contributed by atoms with Gasteiger partial charge in [-0.1, -0.05) is 17.8 Å². The summed E-state index contributed by atoms with van der Waals surface area (Å²) in [5, 5.41) is 9.81. The molecule has 25 heavy (non-hydrogen) atoms. The summed E-state index contributed by atoms with van der Waals surface area (Å²) in [6.07, 6.45) is 7.45. The van der Waals surface area contributed by atoms with Gasteiger partial charge in [0.25, 0.3) is 5.91 Å². The number of H-pyrrole nitrogens is 1. The number of amidine groups is 1. The fraction of sp³-hybridized carbons (Fsp3) is 0.0625. The van der Waals surface area contributed by atoms with E-state index in [1.54, 1.807) is 30.4 Å². The minimum atomic E-state index is -0.385. The summed E-state index contributed by atoms with van der Waals surface area (Å²) in [5.41, 5.74) is 7.13. The van der Waals surface area contributed by atoms with Crippen LogP contribution in [0.15, 0.2) is 63.5 Å². The smallest absolute Gasteiger partial charge is 0.258 e. The lowest BCUT2D eigenvalue weighted by atomic mass is 10.1. The molecule has 126 valence electrons. The molecular formula is C16H14N6O2S. The third kappa shape index (κ3) is 4.21. The van der Waals surface area contributed by atoms with Gasteiger partial charge in [0.2, 0.25) is 0 Å². The lowest BCUT2D eigenvalue weighted by molar-refractivity contribution is -0.105. The summed E-state index contributed by atoms with van der Waals surface area (Å²) in [6.45, 7) is 0. The first-order valence-corrected chi connectivity index (χ1v) is 8.10. The molecule has 1 amide bonds. The second-order valence-corrected chi connectivity index (χ2v) is 6.10. The van der Waals surface area contributed by atoms with Gasteiger partial charge in [-0.25, -0.2) is 9.98 Å². The van der Waals surface area contributed by atoms with E-state index in [-0.39, 0.29) is 5.91 Å². The van der Waals surface area contributed by atoms with E-state index in [4.69, 9.17) is 5.73 Å². The Balaban J connectivity index is 1.78. The highest BCUT2D eigenvalue weighted by molar-refractivity contribution is 7.99. The number of allylic oxidation sites excluding steroid dienone is 2. The Morgan fingerprint density at radius 3 is 3.04 bits per heavy atom. The summed E-state index contributed by atoms with van der Waals surface area (Å²) in [5.74, 6) is -0.0431. The molecule has 0 atom stereocenters. The third-order valence-corrected chi connectivity index (χ3v) is 4.15. The second kappa shape index (κ2) is 7.58. The van der Waals surface area contributed by atoms with Gasteiger partial charge in [-0.2, -0.15) is 5.10 Å². The number of hydrogen-bond acceptors (Lipinski definition) is 7. The molecule has 0 fully saturated rings. The van der Waals surface area contributed by atoms with Crippen LogP contribution in [0, 0.1) is 0 Å². The number of carbonyl (C=O) groups excluding carboxylic acids is 2. The number of anilines is 1. The Kier molecular flexibility index (Phi) is 5.05. The fourth-order valence-corrected chi connectivity index (χ4v) is 2.78. The van der Waals surface area contributed by atoms with Crippen molar-refractivity contribution >= 4 is 35.5 Å². The number of rotatable bonds is 4. The molecule has 0 bridgehead atoms. The Labute approximate surface area is 147 Å². The molecule has 1 aromatic heterocycles. The molecule has 0 radical (unpaired) electrons. The zero-order valence-corrected chi connectivity index (χ0v) is 13.8. The molecule has 1 aliphatic heterocycles. The van der Waals surface area contributed by atoms with Crippen molar-refractivity contribution in [2.45, 2.75) is 16.5 Å². The lowest BCUT2D eigenvalue weighted by Crippen LogP contribution is -2.29.